The number of methoxy groups -OCH3 is 1. The maximum absolute atomic E-state index is 13.0. The van der Waals surface area contributed by atoms with Crippen LogP contribution >= 0.6 is 0 Å². The van der Waals surface area contributed by atoms with Crippen LogP contribution in [-0.4, -0.2) is 40.9 Å². The summed E-state index contributed by atoms with van der Waals surface area (Å²) in [6.07, 6.45) is 5.61. The van der Waals surface area contributed by atoms with Gasteiger partial charge in [0.15, 0.2) is 5.78 Å². The molecule has 0 spiro atoms. The number of hydrogen-bond acceptors (Lipinski definition) is 4. The molecule has 0 aliphatic carbocycles. The number of likely N-dealkylation sites (tertiary alicyclic amines) is 1. The number of ketones is 1. The summed E-state index contributed by atoms with van der Waals surface area (Å²) in [4.78, 5) is 22.8. The largest absolute Gasteiger partial charge is 0.497 e. The third-order valence-corrected chi connectivity index (χ3v) is 5.14. The molecule has 1 aliphatic heterocycles. The van der Waals surface area contributed by atoms with Gasteiger partial charge in [0.2, 0.25) is 0 Å². The molecule has 1 atom stereocenters. The maximum atomic E-state index is 13.0. The van der Waals surface area contributed by atoms with Crippen molar-refractivity contribution in [3.05, 3.63) is 60.2 Å². The van der Waals surface area contributed by atoms with Gasteiger partial charge in [0, 0.05) is 30.4 Å². The third-order valence-electron chi connectivity index (χ3n) is 5.14. The van der Waals surface area contributed by atoms with Crippen molar-refractivity contribution in [2.24, 2.45) is 5.92 Å². The average Bonchev–Trinajstić information content (AvgIpc) is 3.19. The number of imidazole rings is 1. The number of benzene rings is 2. The summed E-state index contributed by atoms with van der Waals surface area (Å²) < 4.78 is 5.27. The van der Waals surface area contributed by atoms with Crippen molar-refractivity contribution in [2.45, 2.75) is 19.4 Å². The molecule has 5 heteroatoms. The van der Waals surface area contributed by atoms with E-state index in [9.17, 15) is 4.79 Å². The highest BCUT2D eigenvalue weighted by atomic mass is 16.5. The highest BCUT2D eigenvalue weighted by molar-refractivity contribution is 6.01. The van der Waals surface area contributed by atoms with Gasteiger partial charge in [-0.15, -0.1) is 0 Å². The Balaban J connectivity index is 1.50. The number of H-pyrrole nitrogens is 1. The Morgan fingerprint density at radius 3 is 2.92 bits per heavy atom. The van der Waals surface area contributed by atoms with Crippen molar-refractivity contribution < 1.29 is 9.53 Å². The number of rotatable bonds is 5. The number of aromatic nitrogens is 2. The molecule has 134 valence electrons. The van der Waals surface area contributed by atoms with Gasteiger partial charge in [-0.2, -0.15) is 0 Å². The molecule has 0 bridgehead atoms. The molecule has 2 aromatic carbocycles. The van der Waals surface area contributed by atoms with Crippen molar-refractivity contribution in [1.82, 2.24) is 14.9 Å². The molecule has 1 N–H and O–H groups in total. The van der Waals surface area contributed by atoms with Crippen LogP contribution in [0.1, 0.15) is 29.0 Å². The minimum absolute atomic E-state index is 0.0504. The summed E-state index contributed by atoms with van der Waals surface area (Å²) in [7, 11) is 1.66. The van der Waals surface area contributed by atoms with Crippen molar-refractivity contribution in [1.29, 1.82) is 0 Å². The highest BCUT2D eigenvalue weighted by Gasteiger charge is 2.27. The Hall–Kier alpha value is -2.66. The fraction of sp³-hybridized carbons (Fsp3) is 0.333. The van der Waals surface area contributed by atoms with Gasteiger partial charge in [0.1, 0.15) is 11.6 Å². The number of ether oxygens (including phenoxy) is 1. The summed E-state index contributed by atoms with van der Waals surface area (Å²) >= 11 is 0. The van der Waals surface area contributed by atoms with Gasteiger partial charge in [-0.3, -0.25) is 9.69 Å². The zero-order valence-corrected chi connectivity index (χ0v) is 14.9. The minimum atomic E-state index is 0.0504. The quantitative estimate of drug-likeness (QED) is 0.714. The van der Waals surface area contributed by atoms with E-state index in [0.717, 1.165) is 60.4 Å². The molecule has 2 heterocycles. The lowest BCUT2D eigenvalue weighted by molar-refractivity contribution is 0.0809. The van der Waals surface area contributed by atoms with E-state index in [2.05, 4.69) is 14.9 Å². The molecule has 1 saturated heterocycles. The normalized spacial score (nSPS) is 18.1. The van der Waals surface area contributed by atoms with E-state index in [1.54, 1.807) is 13.3 Å². The van der Waals surface area contributed by atoms with Gasteiger partial charge in [0.05, 0.1) is 13.7 Å². The first-order valence-electron chi connectivity index (χ1n) is 9.05. The number of aromatic amines is 1. The van der Waals surface area contributed by atoms with E-state index in [0.29, 0.717) is 0 Å². The number of carbonyl (C=O) groups is 1. The summed E-state index contributed by atoms with van der Waals surface area (Å²) in [5.41, 5.74) is 0.799. The third kappa shape index (κ3) is 3.48. The molecule has 0 saturated carbocycles. The summed E-state index contributed by atoms with van der Waals surface area (Å²) in [5, 5.41) is 2.16. The topological polar surface area (TPSA) is 58.2 Å². The summed E-state index contributed by atoms with van der Waals surface area (Å²) in [6, 6.07) is 11.9. The van der Waals surface area contributed by atoms with Gasteiger partial charge in [-0.25, -0.2) is 4.98 Å². The van der Waals surface area contributed by atoms with E-state index >= 15 is 0 Å². The maximum Gasteiger partial charge on any atom is 0.167 e. The molecule has 4 rings (SSSR count). The van der Waals surface area contributed by atoms with Crippen LogP contribution in [0.4, 0.5) is 0 Å². The fourth-order valence-electron chi connectivity index (χ4n) is 3.75. The molecule has 5 nitrogen and oxygen atoms in total. The fourth-order valence-corrected chi connectivity index (χ4v) is 3.75. The van der Waals surface area contributed by atoms with Crippen LogP contribution in [0.2, 0.25) is 0 Å². The van der Waals surface area contributed by atoms with Crippen LogP contribution in [0.15, 0.2) is 48.8 Å². The summed E-state index contributed by atoms with van der Waals surface area (Å²) in [5.74, 6) is 2.08. The molecule has 3 aromatic rings. The van der Waals surface area contributed by atoms with Crippen molar-refractivity contribution in [3.63, 3.8) is 0 Å². The zero-order valence-electron chi connectivity index (χ0n) is 14.9. The van der Waals surface area contributed by atoms with Gasteiger partial charge < -0.3 is 9.72 Å². The molecule has 26 heavy (non-hydrogen) atoms. The first-order chi connectivity index (χ1) is 12.7. The molecule has 1 aromatic heterocycles. The van der Waals surface area contributed by atoms with Crippen molar-refractivity contribution in [3.8, 4) is 5.75 Å². The number of piperidine rings is 1. The molecule has 0 amide bonds. The van der Waals surface area contributed by atoms with Crippen LogP contribution in [0.3, 0.4) is 0 Å². The Morgan fingerprint density at radius 2 is 2.12 bits per heavy atom. The smallest absolute Gasteiger partial charge is 0.167 e. The zero-order chi connectivity index (χ0) is 17.9. The number of hydrogen-bond donors (Lipinski definition) is 1. The number of fused-ring (bicyclic) bond motifs is 1. The second-order valence-corrected chi connectivity index (χ2v) is 6.90. The predicted octanol–water partition coefficient (Wildman–Crippen LogP) is 3.67. The Morgan fingerprint density at radius 1 is 1.27 bits per heavy atom. The van der Waals surface area contributed by atoms with Crippen LogP contribution in [0.5, 0.6) is 5.75 Å². The van der Waals surface area contributed by atoms with Gasteiger partial charge in [-0.05, 0) is 48.4 Å². The molecule has 1 aliphatic rings. The minimum Gasteiger partial charge on any atom is -0.497 e. The monoisotopic (exact) mass is 349 g/mol. The van der Waals surface area contributed by atoms with Crippen LogP contribution in [0, 0.1) is 5.92 Å². The molecular formula is C21H23N3O2. The van der Waals surface area contributed by atoms with Crippen molar-refractivity contribution >= 4 is 16.6 Å². The SMILES string of the molecule is COc1ccc2cc(C(=O)[C@H]3CCCN(Cc4ncc[nH]4)C3)ccc2c1. The highest BCUT2D eigenvalue weighted by Crippen LogP contribution is 2.26. The van der Waals surface area contributed by atoms with E-state index < -0.39 is 0 Å². The van der Waals surface area contributed by atoms with Crippen LogP contribution < -0.4 is 4.74 Å². The van der Waals surface area contributed by atoms with E-state index in [1.165, 1.54) is 0 Å². The molecule has 0 unspecified atom stereocenters. The number of nitrogens with one attached hydrogen (secondary N) is 1. The van der Waals surface area contributed by atoms with Gasteiger partial charge in [0.25, 0.3) is 0 Å². The predicted molar refractivity (Wildman–Crippen MR) is 101 cm³/mol. The standard InChI is InChI=1S/C21H23N3O2/c1-26-19-7-6-15-11-17(5-4-16(15)12-19)21(25)18-3-2-10-24(13-18)14-20-22-8-9-23-20/h4-9,11-12,18H,2-3,10,13-14H2,1H3,(H,22,23)/t18-/m0/s1. The molecule has 0 radical (unpaired) electrons. The Labute approximate surface area is 153 Å². The Bertz CT molecular complexity index is 905. The molecule has 1 fully saturated rings. The lowest BCUT2D eigenvalue weighted by Gasteiger charge is -2.31. The number of carbonyl (C=O) groups excluding carboxylic acids is 1. The Kier molecular flexibility index (Phi) is 4.71. The lowest BCUT2D eigenvalue weighted by atomic mass is 9.89. The number of nitrogens with zero attached hydrogens (tertiary/aromatic N) is 2. The van der Waals surface area contributed by atoms with E-state index in [1.807, 2.05) is 42.6 Å². The number of Topliss-reactive ketones (excluding diaryl/α,β-unsaturated/α-hetero) is 1. The average molecular weight is 349 g/mol. The van der Waals surface area contributed by atoms with Crippen molar-refractivity contribution in [2.75, 3.05) is 20.2 Å². The second-order valence-electron chi connectivity index (χ2n) is 6.90. The van der Waals surface area contributed by atoms with Crippen LogP contribution in [0.25, 0.3) is 10.8 Å². The first kappa shape index (κ1) is 16.8. The van der Waals surface area contributed by atoms with E-state index in [4.69, 9.17) is 4.74 Å². The summed E-state index contributed by atoms with van der Waals surface area (Å²) in [6.45, 7) is 2.58. The van der Waals surface area contributed by atoms with Crippen LogP contribution in [-0.2, 0) is 6.54 Å². The second kappa shape index (κ2) is 7.30. The van der Waals surface area contributed by atoms with Gasteiger partial charge in [-0.1, -0.05) is 18.2 Å². The first-order valence-corrected chi connectivity index (χ1v) is 9.05. The van der Waals surface area contributed by atoms with Gasteiger partial charge >= 0.3 is 0 Å². The lowest BCUT2D eigenvalue weighted by Crippen LogP contribution is -2.38. The van der Waals surface area contributed by atoms with E-state index in [-0.39, 0.29) is 11.7 Å². The molecular weight excluding hydrogens is 326 g/mol.